The van der Waals surface area contributed by atoms with Crippen molar-refractivity contribution in [3.8, 4) is 0 Å². The highest BCUT2D eigenvalue weighted by Crippen LogP contribution is 2.40. The van der Waals surface area contributed by atoms with Gasteiger partial charge in [0.1, 0.15) is 12.1 Å². The molecule has 2 aliphatic heterocycles. The van der Waals surface area contributed by atoms with Gasteiger partial charge in [0.05, 0.1) is 5.54 Å². The minimum absolute atomic E-state index is 0.406. The Morgan fingerprint density at radius 2 is 2.29 bits per heavy atom. The van der Waals surface area contributed by atoms with Gasteiger partial charge in [-0.25, -0.2) is 9.97 Å². The van der Waals surface area contributed by atoms with Gasteiger partial charge in [-0.15, -0.1) is 0 Å². The van der Waals surface area contributed by atoms with Crippen molar-refractivity contribution in [3.05, 3.63) is 18.6 Å². The van der Waals surface area contributed by atoms with Crippen LogP contribution in [0.15, 0.2) is 18.6 Å². The Balaban J connectivity index is 1.82. The second kappa shape index (κ2) is 2.67. The van der Waals surface area contributed by atoms with Gasteiger partial charge in [0, 0.05) is 25.8 Å². The molecule has 4 nitrogen and oxygen atoms in total. The zero-order valence-corrected chi connectivity index (χ0v) is 8.35. The molecular formula is C10H14N4. The molecule has 1 spiro atoms. The molecule has 1 aromatic heterocycles. The molecule has 3 heterocycles. The molecule has 74 valence electrons. The molecule has 0 saturated carbocycles. The van der Waals surface area contributed by atoms with E-state index in [0.29, 0.717) is 5.54 Å². The largest absolute Gasteiger partial charge is 0.348 e. The lowest BCUT2D eigenvalue weighted by Crippen LogP contribution is -2.76. The van der Waals surface area contributed by atoms with Gasteiger partial charge in [-0.3, -0.25) is 0 Å². The topological polar surface area (TPSA) is 32.3 Å². The smallest absolute Gasteiger partial charge is 0.132 e. The van der Waals surface area contributed by atoms with E-state index in [-0.39, 0.29) is 0 Å². The summed E-state index contributed by atoms with van der Waals surface area (Å²) in [6, 6.07) is 2.00. The van der Waals surface area contributed by atoms with Crippen LogP contribution in [0.25, 0.3) is 0 Å². The van der Waals surface area contributed by atoms with Crippen LogP contribution in [0.1, 0.15) is 6.42 Å². The van der Waals surface area contributed by atoms with E-state index in [1.807, 2.05) is 12.3 Å². The van der Waals surface area contributed by atoms with Gasteiger partial charge in [0.25, 0.3) is 0 Å². The van der Waals surface area contributed by atoms with Crippen LogP contribution in [0.4, 0.5) is 5.82 Å². The molecule has 0 bridgehead atoms. The maximum absolute atomic E-state index is 4.30. The maximum Gasteiger partial charge on any atom is 0.132 e. The lowest BCUT2D eigenvalue weighted by Gasteiger charge is -2.62. The SMILES string of the molecule is CN1CC2(CCN2c2ccncn2)C1. The van der Waals surface area contributed by atoms with E-state index in [4.69, 9.17) is 0 Å². The van der Waals surface area contributed by atoms with Crippen molar-refractivity contribution in [1.82, 2.24) is 14.9 Å². The minimum atomic E-state index is 0.406. The summed E-state index contributed by atoms with van der Waals surface area (Å²) < 4.78 is 0. The third-order valence-electron chi connectivity index (χ3n) is 3.34. The van der Waals surface area contributed by atoms with Crippen molar-refractivity contribution in [3.63, 3.8) is 0 Å². The van der Waals surface area contributed by atoms with Crippen molar-refractivity contribution in [2.45, 2.75) is 12.0 Å². The maximum atomic E-state index is 4.30. The lowest BCUT2D eigenvalue weighted by atomic mass is 9.78. The molecule has 0 radical (unpaired) electrons. The summed E-state index contributed by atoms with van der Waals surface area (Å²) in [6.45, 7) is 3.50. The van der Waals surface area contributed by atoms with E-state index >= 15 is 0 Å². The van der Waals surface area contributed by atoms with E-state index in [1.54, 1.807) is 6.33 Å². The van der Waals surface area contributed by atoms with E-state index < -0.39 is 0 Å². The van der Waals surface area contributed by atoms with Crippen molar-refractivity contribution in [2.24, 2.45) is 0 Å². The van der Waals surface area contributed by atoms with E-state index in [0.717, 1.165) is 12.4 Å². The van der Waals surface area contributed by atoms with Crippen molar-refractivity contribution in [1.29, 1.82) is 0 Å². The number of aromatic nitrogens is 2. The Kier molecular flexibility index (Phi) is 1.56. The first-order chi connectivity index (χ1) is 6.80. The monoisotopic (exact) mass is 190 g/mol. The Labute approximate surface area is 83.6 Å². The summed E-state index contributed by atoms with van der Waals surface area (Å²) in [7, 11) is 2.17. The number of rotatable bonds is 1. The Morgan fingerprint density at radius 1 is 1.43 bits per heavy atom. The Morgan fingerprint density at radius 3 is 2.79 bits per heavy atom. The first-order valence-corrected chi connectivity index (χ1v) is 5.02. The number of anilines is 1. The van der Waals surface area contributed by atoms with Gasteiger partial charge < -0.3 is 9.80 Å². The fourth-order valence-electron chi connectivity index (χ4n) is 2.63. The molecule has 2 aliphatic rings. The standard InChI is InChI=1S/C10H14N4/c1-13-6-10(7-13)3-5-14(10)9-2-4-11-8-12-9/h2,4,8H,3,5-7H2,1H3. The summed E-state index contributed by atoms with van der Waals surface area (Å²) in [4.78, 5) is 13.0. The zero-order valence-electron chi connectivity index (χ0n) is 8.35. The summed E-state index contributed by atoms with van der Waals surface area (Å²) in [5.74, 6) is 1.08. The molecule has 4 heteroatoms. The summed E-state index contributed by atoms with van der Waals surface area (Å²) in [6.07, 6.45) is 4.75. The average Bonchev–Trinajstić information content (AvgIpc) is 2.13. The highest BCUT2D eigenvalue weighted by molar-refractivity contribution is 5.47. The summed E-state index contributed by atoms with van der Waals surface area (Å²) in [5.41, 5.74) is 0.406. The van der Waals surface area contributed by atoms with Gasteiger partial charge in [0.2, 0.25) is 0 Å². The number of hydrogen-bond acceptors (Lipinski definition) is 4. The first-order valence-electron chi connectivity index (χ1n) is 5.02. The van der Waals surface area contributed by atoms with Gasteiger partial charge >= 0.3 is 0 Å². The van der Waals surface area contributed by atoms with Crippen LogP contribution in [0.2, 0.25) is 0 Å². The molecule has 0 aromatic carbocycles. The fraction of sp³-hybridized carbons (Fsp3) is 0.600. The Bertz CT molecular complexity index is 331. The third-order valence-corrected chi connectivity index (χ3v) is 3.34. The van der Waals surface area contributed by atoms with Gasteiger partial charge in [0.15, 0.2) is 0 Å². The normalized spacial score (nSPS) is 24.5. The summed E-state index contributed by atoms with van der Waals surface area (Å²) >= 11 is 0. The molecule has 0 amide bonds. The molecule has 3 rings (SSSR count). The third kappa shape index (κ3) is 0.973. The van der Waals surface area contributed by atoms with Crippen LogP contribution in [0.5, 0.6) is 0 Å². The van der Waals surface area contributed by atoms with Crippen molar-refractivity contribution >= 4 is 5.82 Å². The zero-order chi connectivity index (χ0) is 9.60. The van der Waals surface area contributed by atoms with Crippen LogP contribution in [-0.2, 0) is 0 Å². The quantitative estimate of drug-likeness (QED) is 0.640. The number of nitrogens with zero attached hydrogens (tertiary/aromatic N) is 4. The second-order valence-corrected chi connectivity index (χ2v) is 4.37. The molecule has 1 aromatic rings. The first kappa shape index (κ1) is 8.17. The van der Waals surface area contributed by atoms with Gasteiger partial charge in [-0.1, -0.05) is 0 Å². The number of hydrogen-bond donors (Lipinski definition) is 0. The van der Waals surface area contributed by atoms with Crippen molar-refractivity contribution < 1.29 is 0 Å². The van der Waals surface area contributed by atoms with Gasteiger partial charge in [-0.2, -0.15) is 0 Å². The van der Waals surface area contributed by atoms with E-state index in [2.05, 4.69) is 26.8 Å². The van der Waals surface area contributed by atoms with E-state index in [9.17, 15) is 0 Å². The lowest BCUT2D eigenvalue weighted by molar-refractivity contribution is 0.0461. The molecule has 0 atom stereocenters. The van der Waals surface area contributed by atoms with Crippen LogP contribution in [0.3, 0.4) is 0 Å². The minimum Gasteiger partial charge on any atom is -0.348 e. The molecule has 14 heavy (non-hydrogen) atoms. The molecule has 0 N–H and O–H groups in total. The van der Waals surface area contributed by atoms with Crippen LogP contribution in [0, 0.1) is 0 Å². The van der Waals surface area contributed by atoms with Gasteiger partial charge in [-0.05, 0) is 19.5 Å². The van der Waals surface area contributed by atoms with Crippen LogP contribution < -0.4 is 4.90 Å². The second-order valence-electron chi connectivity index (χ2n) is 4.37. The van der Waals surface area contributed by atoms with Crippen LogP contribution >= 0.6 is 0 Å². The predicted molar refractivity (Wildman–Crippen MR) is 54.2 cm³/mol. The average molecular weight is 190 g/mol. The molecule has 2 fully saturated rings. The van der Waals surface area contributed by atoms with E-state index in [1.165, 1.54) is 19.5 Å². The summed E-state index contributed by atoms with van der Waals surface area (Å²) in [5, 5.41) is 0. The number of likely N-dealkylation sites (N-methyl/N-ethyl adjacent to an activating group) is 1. The molecule has 2 saturated heterocycles. The highest BCUT2D eigenvalue weighted by atomic mass is 15.4. The fourth-order valence-corrected chi connectivity index (χ4v) is 2.63. The molecular weight excluding hydrogens is 176 g/mol. The predicted octanol–water partition coefficient (Wildman–Crippen LogP) is 0.371. The number of likely N-dealkylation sites (tertiary alicyclic amines) is 1. The molecule has 0 aliphatic carbocycles. The Hall–Kier alpha value is -1.16. The molecule has 0 unspecified atom stereocenters. The van der Waals surface area contributed by atoms with Crippen molar-refractivity contribution in [2.75, 3.05) is 31.6 Å². The van der Waals surface area contributed by atoms with Crippen LogP contribution in [-0.4, -0.2) is 47.1 Å². The highest BCUT2D eigenvalue weighted by Gasteiger charge is 2.52.